The fraction of sp³-hybridized carbons (Fsp3) is 0.222. The predicted octanol–water partition coefficient (Wildman–Crippen LogP) is 3.35. The van der Waals surface area contributed by atoms with Crippen LogP contribution in [0.25, 0.3) is 10.6 Å². The van der Waals surface area contributed by atoms with Crippen LogP contribution in [0.1, 0.15) is 5.69 Å². The van der Waals surface area contributed by atoms with Crippen LogP contribution >= 0.6 is 11.3 Å². The van der Waals surface area contributed by atoms with Crippen LogP contribution < -0.4 is 10.6 Å². The Balaban J connectivity index is 1.59. The molecule has 0 unspecified atom stereocenters. The molecule has 0 saturated carbocycles. The molecule has 2 N–H and O–H groups in total. The van der Waals surface area contributed by atoms with Crippen LogP contribution in [0.4, 0.5) is 16.4 Å². The van der Waals surface area contributed by atoms with E-state index < -0.39 is 0 Å². The van der Waals surface area contributed by atoms with E-state index in [-0.39, 0.29) is 6.03 Å². The Hall–Kier alpha value is -2.84. The van der Waals surface area contributed by atoms with E-state index in [1.54, 1.807) is 23.8 Å². The van der Waals surface area contributed by atoms with Gasteiger partial charge in [-0.2, -0.15) is 0 Å². The third-order valence-corrected chi connectivity index (χ3v) is 4.43. The minimum absolute atomic E-state index is 0.367. The zero-order chi connectivity index (χ0) is 18.4. The van der Waals surface area contributed by atoms with Gasteiger partial charge in [0.05, 0.1) is 0 Å². The van der Waals surface area contributed by atoms with Gasteiger partial charge in [-0.1, -0.05) is 6.07 Å². The predicted molar refractivity (Wildman–Crippen MR) is 104 cm³/mol. The zero-order valence-electron chi connectivity index (χ0n) is 14.6. The molecule has 3 aromatic heterocycles. The first-order chi connectivity index (χ1) is 12.6. The van der Waals surface area contributed by atoms with Crippen molar-refractivity contribution in [1.29, 1.82) is 0 Å². The SMILES string of the molecule is CN(C)CCc1cccc(NC(=O)Nc2csc(-c3ccncc3)n2)n1. The number of likely N-dealkylation sites (N-methyl/N-ethyl adjacent to an activating group) is 1. The summed E-state index contributed by atoms with van der Waals surface area (Å²) in [7, 11) is 4.03. The van der Waals surface area contributed by atoms with E-state index in [1.165, 1.54) is 11.3 Å². The van der Waals surface area contributed by atoms with E-state index in [0.29, 0.717) is 11.6 Å². The monoisotopic (exact) mass is 368 g/mol. The Kier molecular flexibility index (Phi) is 5.88. The van der Waals surface area contributed by atoms with Gasteiger partial charge in [0, 0.05) is 42.0 Å². The van der Waals surface area contributed by atoms with Gasteiger partial charge in [-0.05, 0) is 38.4 Å². The van der Waals surface area contributed by atoms with Crippen LogP contribution in [-0.4, -0.2) is 46.5 Å². The fourth-order valence-electron chi connectivity index (χ4n) is 2.25. The minimum Gasteiger partial charge on any atom is -0.309 e. The number of nitrogens with one attached hydrogen (secondary N) is 2. The molecule has 0 fully saturated rings. The van der Waals surface area contributed by atoms with Crippen molar-refractivity contribution >= 4 is 29.0 Å². The summed E-state index contributed by atoms with van der Waals surface area (Å²) in [6, 6.07) is 9.00. The smallest absolute Gasteiger partial charge is 0.309 e. The van der Waals surface area contributed by atoms with Gasteiger partial charge >= 0.3 is 6.03 Å². The lowest BCUT2D eigenvalue weighted by atomic mass is 10.2. The molecule has 3 aromatic rings. The first-order valence-corrected chi connectivity index (χ1v) is 9.03. The number of rotatable bonds is 6. The second kappa shape index (κ2) is 8.50. The average Bonchev–Trinajstić information content (AvgIpc) is 3.09. The molecule has 2 amide bonds. The number of urea groups is 1. The van der Waals surface area contributed by atoms with Gasteiger partial charge in [0.25, 0.3) is 0 Å². The van der Waals surface area contributed by atoms with Crippen LogP contribution in [0.3, 0.4) is 0 Å². The summed E-state index contributed by atoms with van der Waals surface area (Å²) in [6.45, 7) is 0.902. The number of carbonyl (C=O) groups is 1. The van der Waals surface area contributed by atoms with Crippen molar-refractivity contribution in [3.63, 3.8) is 0 Å². The zero-order valence-corrected chi connectivity index (χ0v) is 15.5. The largest absolute Gasteiger partial charge is 0.326 e. The van der Waals surface area contributed by atoms with Crippen molar-refractivity contribution in [2.45, 2.75) is 6.42 Å². The Bertz CT molecular complexity index is 865. The van der Waals surface area contributed by atoms with E-state index >= 15 is 0 Å². The van der Waals surface area contributed by atoms with Crippen molar-refractivity contribution in [2.24, 2.45) is 0 Å². The molecule has 8 heteroatoms. The number of thiazole rings is 1. The Morgan fingerprint density at radius 2 is 1.85 bits per heavy atom. The van der Waals surface area contributed by atoms with Gasteiger partial charge in [-0.3, -0.25) is 15.6 Å². The van der Waals surface area contributed by atoms with Crippen molar-refractivity contribution < 1.29 is 4.79 Å². The summed E-state index contributed by atoms with van der Waals surface area (Å²) < 4.78 is 0. The average molecular weight is 368 g/mol. The van der Waals surface area contributed by atoms with E-state index in [9.17, 15) is 4.79 Å². The van der Waals surface area contributed by atoms with E-state index in [0.717, 1.165) is 29.2 Å². The highest BCUT2D eigenvalue weighted by molar-refractivity contribution is 7.13. The van der Waals surface area contributed by atoms with Gasteiger partial charge in [0.2, 0.25) is 0 Å². The molecule has 0 aromatic carbocycles. The summed E-state index contributed by atoms with van der Waals surface area (Å²) in [6.07, 6.45) is 4.25. The van der Waals surface area contributed by atoms with Gasteiger partial charge in [-0.25, -0.2) is 14.8 Å². The summed E-state index contributed by atoms with van der Waals surface area (Å²) in [5.74, 6) is 1.02. The van der Waals surface area contributed by atoms with E-state index in [2.05, 4.69) is 30.5 Å². The molecule has 3 rings (SSSR count). The molecule has 0 bridgehead atoms. The third kappa shape index (κ3) is 5.08. The topological polar surface area (TPSA) is 83.0 Å². The maximum atomic E-state index is 12.2. The number of anilines is 2. The lowest BCUT2D eigenvalue weighted by molar-refractivity contribution is 0.262. The molecule has 0 radical (unpaired) electrons. The molecular weight excluding hydrogens is 348 g/mol. The molecule has 7 nitrogen and oxygen atoms in total. The number of hydrogen-bond acceptors (Lipinski definition) is 6. The summed E-state index contributed by atoms with van der Waals surface area (Å²) in [4.78, 5) is 27.2. The fourth-order valence-corrected chi connectivity index (χ4v) is 3.01. The summed E-state index contributed by atoms with van der Waals surface area (Å²) >= 11 is 1.46. The standard InChI is InChI=1S/C18H20N6OS/c1-24(2)11-8-14-4-3-5-15(20-14)22-18(25)23-16-12-26-17(21-16)13-6-9-19-10-7-13/h3-7,9-10,12H,8,11H2,1-2H3,(H2,20,22,23,25). The number of amides is 2. The van der Waals surface area contributed by atoms with Crippen molar-refractivity contribution in [1.82, 2.24) is 19.9 Å². The van der Waals surface area contributed by atoms with E-state index in [1.807, 2.05) is 38.4 Å². The first-order valence-electron chi connectivity index (χ1n) is 8.15. The molecule has 3 heterocycles. The Morgan fingerprint density at radius 3 is 2.62 bits per heavy atom. The van der Waals surface area contributed by atoms with Crippen LogP contribution in [0.15, 0.2) is 48.1 Å². The van der Waals surface area contributed by atoms with Gasteiger partial charge in [0.15, 0.2) is 0 Å². The summed E-state index contributed by atoms with van der Waals surface area (Å²) in [5, 5.41) is 8.11. The second-order valence-electron chi connectivity index (χ2n) is 5.92. The Morgan fingerprint density at radius 1 is 1.08 bits per heavy atom. The lowest BCUT2D eigenvalue weighted by Gasteiger charge is -2.10. The summed E-state index contributed by atoms with van der Waals surface area (Å²) in [5.41, 5.74) is 1.90. The molecule has 0 aliphatic rings. The van der Waals surface area contributed by atoms with Crippen LogP contribution in [0.5, 0.6) is 0 Å². The van der Waals surface area contributed by atoms with Crippen molar-refractivity contribution in [3.05, 3.63) is 53.8 Å². The minimum atomic E-state index is -0.367. The second-order valence-corrected chi connectivity index (χ2v) is 6.78. The molecule has 0 spiro atoms. The number of aromatic nitrogens is 3. The molecule has 0 aliphatic carbocycles. The maximum Gasteiger partial charge on any atom is 0.326 e. The molecule has 0 aliphatic heterocycles. The van der Waals surface area contributed by atoms with Gasteiger partial charge < -0.3 is 4.90 Å². The highest BCUT2D eigenvalue weighted by atomic mass is 32.1. The van der Waals surface area contributed by atoms with E-state index in [4.69, 9.17) is 0 Å². The first kappa shape index (κ1) is 18.0. The number of carbonyl (C=O) groups excluding carboxylic acids is 1. The van der Waals surface area contributed by atoms with Gasteiger partial charge in [0.1, 0.15) is 16.6 Å². The maximum absolute atomic E-state index is 12.2. The molecule has 26 heavy (non-hydrogen) atoms. The number of hydrogen-bond donors (Lipinski definition) is 2. The number of nitrogens with zero attached hydrogens (tertiary/aromatic N) is 4. The van der Waals surface area contributed by atoms with Crippen LogP contribution in [0, 0.1) is 0 Å². The van der Waals surface area contributed by atoms with Crippen LogP contribution in [0.2, 0.25) is 0 Å². The Labute approximate surface area is 156 Å². The van der Waals surface area contributed by atoms with Crippen LogP contribution in [-0.2, 0) is 6.42 Å². The highest BCUT2D eigenvalue weighted by Crippen LogP contribution is 2.25. The third-order valence-electron chi connectivity index (χ3n) is 3.54. The normalized spacial score (nSPS) is 10.7. The lowest BCUT2D eigenvalue weighted by Crippen LogP contribution is -2.21. The highest BCUT2D eigenvalue weighted by Gasteiger charge is 2.09. The number of pyridine rings is 2. The quantitative estimate of drug-likeness (QED) is 0.697. The molecule has 134 valence electrons. The van der Waals surface area contributed by atoms with Crippen molar-refractivity contribution in [3.8, 4) is 10.6 Å². The molecule has 0 atom stereocenters. The molecular formula is C18H20N6OS. The van der Waals surface area contributed by atoms with Crippen molar-refractivity contribution in [2.75, 3.05) is 31.3 Å². The van der Waals surface area contributed by atoms with Gasteiger partial charge in [-0.15, -0.1) is 11.3 Å². The molecule has 0 saturated heterocycles.